The lowest BCUT2D eigenvalue weighted by atomic mass is 10.0. The van der Waals surface area contributed by atoms with E-state index in [2.05, 4.69) is 125 Å². The predicted octanol–water partition coefficient (Wildman–Crippen LogP) is 11.0. The van der Waals surface area contributed by atoms with Crippen molar-refractivity contribution in [2.75, 3.05) is 0 Å². The summed E-state index contributed by atoms with van der Waals surface area (Å²) in [6.07, 6.45) is 1.84. The van der Waals surface area contributed by atoms with Gasteiger partial charge in [-0.25, -0.2) is 9.97 Å². The van der Waals surface area contributed by atoms with Crippen molar-refractivity contribution in [2.24, 2.45) is 0 Å². The maximum absolute atomic E-state index is 5.57. The molecule has 0 amide bonds. The Bertz CT molecular complexity index is 2800. The van der Waals surface area contributed by atoms with E-state index >= 15 is 0 Å². The van der Waals surface area contributed by atoms with E-state index in [0.717, 1.165) is 59.8 Å². The number of hydrogen-bond acceptors (Lipinski definition) is 4. The molecule has 4 nitrogen and oxygen atoms in total. The van der Waals surface area contributed by atoms with Gasteiger partial charge in [-0.05, 0) is 46.5 Å². The van der Waals surface area contributed by atoms with Crippen molar-refractivity contribution in [1.29, 1.82) is 0 Å². The van der Waals surface area contributed by atoms with Crippen LogP contribution >= 0.6 is 11.3 Å². The Morgan fingerprint density at radius 2 is 1.28 bits per heavy atom. The van der Waals surface area contributed by atoms with Gasteiger partial charge in [0.05, 0.1) is 16.7 Å². The van der Waals surface area contributed by atoms with Gasteiger partial charge in [0.25, 0.3) is 0 Å². The Hall–Kier alpha value is -5.91. The number of aromatic nitrogens is 4. The lowest BCUT2D eigenvalue weighted by molar-refractivity contribution is 1.09. The first kappa shape index (κ1) is 25.4. The Labute approximate surface area is 267 Å². The minimum absolute atomic E-state index is 0.832. The van der Waals surface area contributed by atoms with Gasteiger partial charge >= 0.3 is 0 Å². The maximum atomic E-state index is 5.57. The SMILES string of the molecule is c1ccc(-c2nc3sc4cc(-c5ccccn5)ccc4c3nc2-n2c3cc4ccccc4cc3c3ccc4ccccc4c32)cc1. The van der Waals surface area contributed by atoms with Crippen LogP contribution in [0.1, 0.15) is 0 Å². The van der Waals surface area contributed by atoms with Crippen molar-refractivity contribution < 1.29 is 0 Å². The van der Waals surface area contributed by atoms with Crippen LogP contribution < -0.4 is 0 Å². The Morgan fingerprint density at radius 3 is 2.13 bits per heavy atom. The lowest BCUT2D eigenvalue weighted by Crippen LogP contribution is -2.03. The van der Waals surface area contributed by atoms with E-state index in [1.54, 1.807) is 11.3 Å². The van der Waals surface area contributed by atoms with Gasteiger partial charge in [0.15, 0.2) is 5.82 Å². The van der Waals surface area contributed by atoms with Gasteiger partial charge < -0.3 is 0 Å². The van der Waals surface area contributed by atoms with Crippen LogP contribution in [0.2, 0.25) is 0 Å². The molecule has 5 heteroatoms. The highest BCUT2D eigenvalue weighted by Gasteiger charge is 2.22. The standard InChI is InChI=1S/C41H24N4S/c1-2-11-26(12-3-1)37-40(43-38-32-20-18-29(34-16-8-9-21-42-34)24-36(32)46-41(38)44-37)45-35-23-28-14-5-4-13-27(28)22-33(35)31-19-17-25-10-6-7-15-30(25)39(31)45/h1-24H. The van der Waals surface area contributed by atoms with Crippen molar-refractivity contribution in [1.82, 2.24) is 19.5 Å². The summed E-state index contributed by atoms with van der Waals surface area (Å²) >= 11 is 1.69. The molecule has 10 rings (SSSR count). The molecule has 0 fully saturated rings. The Morgan fingerprint density at radius 1 is 0.522 bits per heavy atom. The number of hydrogen-bond donors (Lipinski definition) is 0. The molecule has 0 spiro atoms. The van der Waals surface area contributed by atoms with Crippen molar-refractivity contribution in [2.45, 2.75) is 0 Å². The first-order valence-corrected chi connectivity index (χ1v) is 16.2. The van der Waals surface area contributed by atoms with Gasteiger partial charge in [0.1, 0.15) is 16.0 Å². The summed E-state index contributed by atoms with van der Waals surface area (Å²) in [7, 11) is 0. The molecular formula is C41H24N4S. The summed E-state index contributed by atoms with van der Waals surface area (Å²) < 4.78 is 3.51. The summed E-state index contributed by atoms with van der Waals surface area (Å²) in [5.41, 5.74) is 7.12. The van der Waals surface area contributed by atoms with Crippen LogP contribution in [0.25, 0.3) is 92.1 Å². The third-order valence-corrected chi connectivity index (χ3v) is 10.1. The third kappa shape index (κ3) is 3.76. The molecule has 0 radical (unpaired) electrons. The normalized spacial score (nSPS) is 11.9. The average Bonchev–Trinajstić information content (AvgIpc) is 3.65. The van der Waals surface area contributed by atoms with Crippen molar-refractivity contribution in [3.63, 3.8) is 0 Å². The molecule has 46 heavy (non-hydrogen) atoms. The largest absolute Gasteiger partial charge is 0.291 e. The van der Waals surface area contributed by atoms with Gasteiger partial charge in [0, 0.05) is 43.6 Å². The van der Waals surface area contributed by atoms with Crippen LogP contribution in [-0.4, -0.2) is 19.5 Å². The minimum Gasteiger partial charge on any atom is -0.291 e. The first-order chi connectivity index (χ1) is 22.8. The molecule has 0 saturated heterocycles. The highest BCUT2D eigenvalue weighted by molar-refractivity contribution is 7.25. The lowest BCUT2D eigenvalue weighted by Gasteiger charge is -2.14. The topological polar surface area (TPSA) is 43.6 Å². The molecule has 0 aliphatic heterocycles. The van der Waals surface area contributed by atoms with E-state index in [1.807, 2.05) is 30.5 Å². The van der Waals surface area contributed by atoms with Crippen molar-refractivity contribution >= 4 is 75.1 Å². The van der Waals surface area contributed by atoms with E-state index in [-0.39, 0.29) is 0 Å². The maximum Gasteiger partial charge on any atom is 0.165 e. The number of thiophene rings is 1. The van der Waals surface area contributed by atoms with Crippen LogP contribution in [0.5, 0.6) is 0 Å². The molecule has 0 aliphatic rings. The molecule has 214 valence electrons. The summed E-state index contributed by atoms with van der Waals surface area (Å²) in [4.78, 5) is 16.5. The zero-order chi connectivity index (χ0) is 30.2. The number of rotatable bonds is 3. The summed E-state index contributed by atoms with van der Waals surface area (Å²) in [5, 5.41) is 8.31. The highest BCUT2D eigenvalue weighted by atomic mass is 32.1. The molecule has 10 aromatic rings. The number of benzene rings is 6. The van der Waals surface area contributed by atoms with Crippen LogP contribution in [0.3, 0.4) is 0 Å². The van der Waals surface area contributed by atoms with Gasteiger partial charge in [-0.15, -0.1) is 11.3 Å². The smallest absolute Gasteiger partial charge is 0.165 e. The second-order valence-corrected chi connectivity index (χ2v) is 12.7. The zero-order valence-corrected chi connectivity index (χ0v) is 25.4. The fraction of sp³-hybridized carbons (Fsp3) is 0. The molecule has 4 aromatic heterocycles. The second kappa shape index (κ2) is 9.80. The summed E-state index contributed by atoms with van der Waals surface area (Å²) in [5.74, 6) is 0.832. The number of nitrogens with zero attached hydrogens (tertiary/aromatic N) is 4. The second-order valence-electron chi connectivity index (χ2n) is 11.7. The molecular weight excluding hydrogens is 581 g/mol. The molecule has 0 aliphatic carbocycles. The van der Waals surface area contributed by atoms with E-state index in [4.69, 9.17) is 9.97 Å². The minimum atomic E-state index is 0.832. The highest BCUT2D eigenvalue weighted by Crippen LogP contribution is 2.42. The predicted molar refractivity (Wildman–Crippen MR) is 193 cm³/mol. The molecule has 0 saturated carbocycles. The number of fused-ring (bicyclic) bond motifs is 9. The summed E-state index contributed by atoms with van der Waals surface area (Å²) in [6, 6.07) is 49.4. The fourth-order valence-electron chi connectivity index (χ4n) is 6.89. The van der Waals surface area contributed by atoms with Crippen LogP contribution in [-0.2, 0) is 0 Å². The monoisotopic (exact) mass is 604 g/mol. The molecule has 4 heterocycles. The molecule has 6 aromatic carbocycles. The van der Waals surface area contributed by atoms with Crippen LogP contribution in [0.4, 0.5) is 0 Å². The molecule has 0 unspecified atom stereocenters. The molecule has 0 atom stereocenters. The first-order valence-electron chi connectivity index (χ1n) is 15.4. The Balaban J connectivity index is 1.36. The van der Waals surface area contributed by atoms with E-state index in [1.165, 1.54) is 32.3 Å². The molecule has 0 bridgehead atoms. The summed E-state index contributed by atoms with van der Waals surface area (Å²) in [6.45, 7) is 0. The Kier molecular flexibility index (Phi) is 5.41. The van der Waals surface area contributed by atoms with Crippen LogP contribution in [0.15, 0.2) is 146 Å². The van der Waals surface area contributed by atoms with Crippen molar-refractivity contribution in [3.05, 3.63) is 146 Å². The fourth-order valence-corrected chi connectivity index (χ4v) is 7.94. The van der Waals surface area contributed by atoms with Crippen molar-refractivity contribution in [3.8, 4) is 28.3 Å². The van der Waals surface area contributed by atoms with Gasteiger partial charge in [0.2, 0.25) is 0 Å². The molecule has 0 N–H and O–H groups in total. The average molecular weight is 605 g/mol. The van der Waals surface area contributed by atoms with Gasteiger partial charge in [-0.2, -0.15) is 0 Å². The number of pyridine rings is 1. The third-order valence-electron chi connectivity index (χ3n) is 9.03. The van der Waals surface area contributed by atoms with Gasteiger partial charge in [-0.3, -0.25) is 9.55 Å². The van der Waals surface area contributed by atoms with E-state index in [0.29, 0.717) is 0 Å². The van der Waals surface area contributed by atoms with Gasteiger partial charge in [-0.1, -0.05) is 109 Å². The van der Waals surface area contributed by atoms with Crippen LogP contribution in [0, 0.1) is 0 Å². The van der Waals surface area contributed by atoms with E-state index < -0.39 is 0 Å². The van der Waals surface area contributed by atoms with E-state index in [9.17, 15) is 0 Å². The quantitative estimate of drug-likeness (QED) is 0.201. The zero-order valence-electron chi connectivity index (χ0n) is 24.6.